The van der Waals surface area contributed by atoms with Crippen LogP contribution >= 0.6 is 0 Å². The van der Waals surface area contributed by atoms with Crippen LogP contribution in [0.5, 0.6) is 0 Å². The molecule has 0 fully saturated rings. The molecule has 0 bridgehead atoms. The number of benzene rings is 14. The zero-order valence-electron chi connectivity index (χ0n) is 47.3. The molecule has 2 aliphatic rings. The van der Waals surface area contributed by atoms with Crippen LogP contribution in [0.4, 0.5) is 102 Å². The summed E-state index contributed by atoms with van der Waals surface area (Å²) in [5.74, 6) is 0. The first kappa shape index (κ1) is 49.8. The van der Waals surface area contributed by atoms with Gasteiger partial charge in [-0.2, -0.15) is 0 Å². The summed E-state index contributed by atoms with van der Waals surface area (Å²) >= 11 is 0. The fourth-order valence-electron chi connectivity index (χ4n) is 13.3. The molecule has 3 heterocycles. The van der Waals surface area contributed by atoms with E-state index in [1.54, 1.807) is 0 Å². The normalized spacial score (nSPS) is 12.5. The molecule has 410 valence electrons. The highest BCUT2D eigenvalue weighted by Gasteiger charge is 2.34. The van der Waals surface area contributed by atoms with Gasteiger partial charge in [-0.1, -0.05) is 152 Å². The van der Waals surface area contributed by atoms with Crippen LogP contribution in [0.2, 0.25) is 0 Å². The Morgan fingerprint density at radius 3 is 0.943 bits per heavy atom. The molecule has 7 nitrogen and oxygen atoms in total. The Bertz CT molecular complexity index is 4980. The third-order valence-corrected chi connectivity index (χ3v) is 17.1. The topological polar surface area (TPSA) is 32.6 Å². The third-order valence-electron chi connectivity index (χ3n) is 17.1. The van der Waals surface area contributed by atoms with Gasteiger partial charge in [0.2, 0.25) is 0 Å². The summed E-state index contributed by atoms with van der Waals surface area (Å²) in [5.41, 5.74) is 21.1. The molecule has 0 atom stereocenters. The van der Waals surface area contributed by atoms with E-state index in [1.165, 1.54) is 0 Å². The van der Waals surface area contributed by atoms with Crippen molar-refractivity contribution in [3.8, 4) is 0 Å². The van der Waals surface area contributed by atoms with E-state index in [0.29, 0.717) is 0 Å². The first-order valence-corrected chi connectivity index (χ1v) is 29.6. The van der Waals surface area contributed by atoms with Gasteiger partial charge < -0.3 is 33.8 Å². The van der Waals surface area contributed by atoms with E-state index in [0.717, 1.165) is 146 Å². The number of anilines is 18. The summed E-state index contributed by atoms with van der Waals surface area (Å²) in [5, 5.41) is 6.79. The molecule has 0 N–H and O–H groups in total. The molecule has 17 rings (SSSR count). The first-order chi connectivity index (χ1) is 43.1. The smallest absolute Gasteiger partial charge is 0.137 e. The molecule has 0 unspecified atom stereocenters. The van der Waals surface area contributed by atoms with Gasteiger partial charge in [-0.05, 0) is 191 Å². The minimum Gasteiger partial charge on any atom is -0.456 e. The largest absolute Gasteiger partial charge is 0.456 e. The molecule has 0 saturated carbocycles. The molecular weight excluding hydrogens is 1060 g/mol. The number of rotatable bonds is 10. The maximum Gasteiger partial charge on any atom is 0.137 e. The molecule has 0 radical (unpaired) electrons. The molecule has 14 aromatic carbocycles. The number of fused-ring (bicyclic) bond motifs is 9. The lowest BCUT2D eigenvalue weighted by molar-refractivity contribution is 0.669. The predicted molar refractivity (Wildman–Crippen MR) is 364 cm³/mol. The summed E-state index contributed by atoms with van der Waals surface area (Å²) in [4.78, 5) is 14.3. The van der Waals surface area contributed by atoms with Crippen molar-refractivity contribution >= 4 is 146 Å². The standard InChI is InChI=1S/C80H54N6O/c1-5-23-59(24-6-1)81(60-25-7-2-8-26-60)63-31-21-33-65(51-63)83-71-36-14-16-38-73(71)84(74-39-17-15-37-72(74)83)67-45-43-55-48-58-50-68(46-44-56(58)47-57(55)49-67)86-76-41-19-18-40-75(76)85(77-53-70-69-35-13-20-42-79(69)87-80(70)54-78(77)86)66-34-22-32-64(52-66)82(61-27-9-3-10-28-61)62-29-11-4-12-30-62/h1-54H. The van der Waals surface area contributed by atoms with Crippen LogP contribution in [0.3, 0.4) is 0 Å². The molecule has 0 saturated heterocycles. The van der Waals surface area contributed by atoms with Crippen molar-refractivity contribution in [1.82, 2.24) is 0 Å². The van der Waals surface area contributed by atoms with Gasteiger partial charge in [0.25, 0.3) is 0 Å². The van der Waals surface area contributed by atoms with Crippen LogP contribution in [0, 0.1) is 0 Å². The molecule has 2 aliphatic heterocycles. The zero-order chi connectivity index (χ0) is 57.4. The van der Waals surface area contributed by atoms with Crippen LogP contribution in [-0.2, 0) is 0 Å². The fraction of sp³-hybridized carbons (Fsp3) is 0. The zero-order valence-corrected chi connectivity index (χ0v) is 47.3. The molecule has 0 amide bonds. The Balaban J connectivity index is 0.756. The lowest BCUT2D eigenvalue weighted by Gasteiger charge is -2.40. The van der Waals surface area contributed by atoms with Gasteiger partial charge in [0.15, 0.2) is 0 Å². The van der Waals surface area contributed by atoms with Crippen molar-refractivity contribution in [2.24, 2.45) is 0 Å². The molecule has 7 heteroatoms. The number of nitrogens with zero attached hydrogens (tertiary/aromatic N) is 6. The van der Waals surface area contributed by atoms with E-state index < -0.39 is 0 Å². The highest BCUT2D eigenvalue weighted by Crippen LogP contribution is 2.58. The number of hydrogen-bond acceptors (Lipinski definition) is 7. The van der Waals surface area contributed by atoms with Crippen molar-refractivity contribution in [3.63, 3.8) is 0 Å². The highest BCUT2D eigenvalue weighted by atomic mass is 16.3. The number of furan rings is 1. The molecular formula is C80H54N6O. The number of hydrogen-bond donors (Lipinski definition) is 0. The minimum atomic E-state index is 0.838. The summed E-state index contributed by atoms with van der Waals surface area (Å²) < 4.78 is 6.70. The minimum absolute atomic E-state index is 0.838. The molecule has 0 aliphatic carbocycles. The fourth-order valence-corrected chi connectivity index (χ4v) is 13.3. The van der Waals surface area contributed by atoms with Crippen LogP contribution in [0.25, 0.3) is 43.5 Å². The third kappa shape index (κ3) is 8.43. The van der Waals surface area contributed by atoms with E-state index >= 15 is 0 Å². The van der Waals surface area contributed by atoms with Crippen LogP contribution in [0.15, 0.2) is 332 Å². The monoisotopic (exact) mass is 1110 g/mol. The van der Waals surface area contributed by atoms with Gasteiger partial charge in [-0.15, -0.1) is 0 Å². The molecule has 0 spiro atoms. The molecule has 15 aromatic rings. The van der Waals surface area contributed by atoms with Crippen molar-refractivity contribution < 1.29 is 4.42 Å². The quantitative estimate of drug-likeness (QED) is 0.126. The summed E-state index contributed by atoms with van der Waals surface area (Å²) in [7, 11) is 0. The average Bonchev–Trinajstić information content (AvgIpc) is 1.84. The molecule has 1 aromatic heterocycles. The van der Waals surface area contributed by atoms with Crippen LogP contribution < -0.4 is 29.4 Å². The van der Waals surface area contributed by atoms with Crippen molar-refractivity contribution in [2.75, 3.05) is 29.4 Å². The molecule has 87 heavy (non-hydrogen) atoms. The summed E-state index contributed by atoms with van der Waals surface area (Å²) in [6, 6.07) is 118. The van der Waals surface area contributed by atoms with Crippen molar-refractivity contribution in [1.29, 1.82) is 0 Å². The summed E-state index contributed by atoms with van der Waals surface area (Å²) in [6.45, 7) is 0. The SMILES string of the molecule is c1ccc(N(c2ccccc2)c2cccc(N3c4ccccc4N(c4ccc5cc6cc(N7c8ccccc8N(c8cccc(N(c9ccccc9)c9ccccc9)c8)c8cc9c(cc87)oc7ccccc79)ccc6cc5c4)c4ccccc43)c2)cc1. The Hall–Kier alpha value is -11.8. The second-order valence-corrected chi connectivity index (χ2v) is 22.2. The van der Waals surface area contributed by atoms with E-state index in [9.17, 15) is 0 Å². The van der Waals surface area contributed by atoms with Gasteiger partial charge >= 0.3 is 0 Å². The van der Waals surface area contributed by atoms with Crippen LogP contribution in [0.1, 0.15) is 0 Å². The predicted octanol–water partition coefficient (Wildman–Crippen LogP) is 23.3. The van der Waals surface area contributed by atoms with Gasteiger partial charge in [-0.25, -0.2) is 0 Å². The van der Waals surface area contributed by atoms with Gasteiger partial charge in [0.05, 0.1) is 45.5 Å². The van der Waals surface area contributed by atoms with E-state index in [-0.39, 0.29) is 0 Å². The first-order valence-electron chi connectivity index (χ1n) is 29.6. The Morgan fingerprint density at radius 2 is 0.529 bits per heavy atom. The Labute approximate surface area is 504 Å². The second kappa shape index (κ2) is 20.5. The van der Waals surface area contributed by atoms with Gasteiger partial charge in [0.1, 0.15) is 11.2 Å². The average molecular weight is 1120 g/mol. The van der Waals surface area contributed by atoms with Gasteiger partial charge in [-0.3, -0.25) is 0 Å². The van der Waals surface area contributed by atoms with E-state index in [4.69, 9.17) is 4.42 Å². The van der Waals surface area contributed by atoms with Crippen molar-refractivity contribution in [3.05, 3.63) is 328 Å². The second-order valence-electron chi connectivity index (χ2n) is 22.2. The lowest BCUT2D eigenvalue weighted by atomic mass is 9.99. The lowest BCUT2D eigenvalue weighted by Crippen LogP contribution is -2.24. The van der Waals surface area contributed by atoms with Gasteiger partial charge in [0, 0.05) is 73.7 Å². The Morgan fingerprint density at radius 1 is 0.195 bits per heavy atom. The number of para-hydroxylation sites is 11. The van der Waals surface area contributed by atoms with Crippen LogP contribution in [-0.4, -0.2) is 0 Å². The maximum absolute atomic E-state index is 6.70. The van der Waals surface area contributed by atoms with E-state index in [2.05, 4.69) is 351 Å². The summed E-state index contributed by atoms with van der Waals surface area (Å²) in [6.07, 6.45) is 0. The van der Waals surface area contributed by atoms with Crippen molar-refractivity contribution in [2.45, 2.75) is 0 Å². The van der Waals surface area contributed by atoms with E-state index in [1.807, 2.05) is 6.07 Å². The highest BCUT2D eigenvalue weighted by molar-refractivity contribution is 6.13. The Kier molecular flexibility index (Phi) is 11.7. The maximum atomic E-state index is 6.70.